The third kappa shape index (κ3) is 2.31. The van der Waals surface area contributed by atoms with Crippen molar-refractivity contribution in [1.29, 1.82) is 0 Å². The van der Waals surface area contributed by atoms with E-state index in [2.05, 4.69) is 39.3 Å². The molecule has 2 aromatic heterocycles. The van der Waals surface area contributed by atoms with Gasteiger partial charge in [0, 0.05) is 12.2 Å². The van der Waals surface area contributed by atoms with Gasteiger partial charge in [-0.05, 0) is 36.6 Å². The summed E-state index contributed by atoms with van der Waals surface area (Å²) in [6.45, 7) is 1.64. The van der Waals surface area contributed by atoms with Crippen LogP contribution in [0, 0.1) is 0 Å². The third-order valence-electron chi connectivity index (χ3n) is 3.74. The topological polar surface area (TPSA) is 55.3 Å². The minimum Gasteiger partial charge on any atom is -0.461 e. The molecule has 0 radical (unpaired) electrons. The fourth-order valence-corrected chi connectivity index (χ4v) is 2.76. The maximum atomic E-state index is 5.34. The van der Waals surface area contributed by atoms with Crippen molar-refractivity contribution in [1.82, 2.24) is 10.1 Å². The summed E-state index contributed by atoms with van der Waals surface area (Å²) in [5, 5.41) is 3.97. The molecule has 0 atom stereocenters. The number of anilines is 1. The van der Waals surface area contributed by atoms with Gasteiger partial charge in [-0.2, -0.15) is 4.98 Å². The van der Waals surface area contributed by atoms with Crippen molar-refractivity contribution in [2.24, 2.45) is 0 Å². The minimum absolute atomic E-state index is 0.500. The molecule has 0 fully saturated rings. The van der Waals surface area contributed by atoms with E-state index in [0.29, 0.717) is 24.0 Å². The van der Waals surface area contributed by atoms with Gasteiger partial charge in [0.05, 0.1) is 12.8 Å². The van der Waals surface area contributed by atoms with Gasteiger partial charge in [0.1, 0.15) is 0 Å². The van der Waals surface area contributed by atoms with E-state index in [1.54, 1.807) is 6.26 Å². The fraction of sp³-hybridized carbons (Fsp3) is 0.250. The normalized spacial score (nSPS) is 14.2. The molecule has 5 heteroatoms. The average molecular weight is 281 g/mol. The van der Waals surface area contributed by atoms with Crippen LogP contribution in [0.4, 0.5) is 5.69 Å². The molecule has 21 heavy (non-hydrogen) atoms. The molecule has 0 aliphatic carbocycles. The van der Waals surface area contributed by atoms with Crippen molar-refractivity contribution < 1.29 is 8.94 Å². The van der Waals surface area contributed by atoms with Gasteiger partial charge in [0.2, 0.25) is 11.7 Å². The Morgan fingerprint density at radius 2 is 2.10 bits per heavy atom. The summed E-state index contributed by atoms with van der Waals surface area (Å²) in [5.41, 5.74) is 2.65. The summed E-state index contributed by atoms with van der Waals surface area (Å²) in [6, 6.07) is 12.1. The van der Waals surface area contributed by atoms with E-state index in [1.807, 2.05) is 12.1 Å². The van der Waals surface area contributed by atoms with Crippen molar-refractivity contribution in [2.75, 3.05) is 11.4 Å². The second-order valence-electron chi connectivity index (χ2n) is 5.14. The molecule has 1 aromatic carbocycles. The van der Waals surface area contributed by atoms with Crippen molar-refractivity contribution in [3.05, 3.63) is 54.1 Å². The standard InChI is InChI=1S/C16H15N3O2/c1-2-7-13-12(5-1)6-3-9-19(13)11-15-17-16(18-21-15)14-8-4-10-20-14/h1-2,4-5,7-8,10H,3,6,9,11H2. The molecule has 3 heterocycles. The lowest BCUT2D eigenvalue weighted by atomic mass is 10.0. The number of fused-ring (bicyclic) bond motifs is 1. The zero-order chi connectivity index (χ0) is 14.1. The Bertz CT molecular complexity index is 734. The molecule has 0 unspecified atom stereocenters. The van der Waals surface area contributed by atoms with Crippen LogP contribution in [-0.2, 0) is 13.0 Å². The van der Waals surface area contributed by atoms with E-state index in [9.17, 15) is 0 Å². The third-order valence-corrected chi connectivity index (χ3v) is 3.74. The number of furan rings is 1. The van der Waals surface area contributed by atoms with Crippen LogP contribution in [0.2, 0.25) is 0 Å². The van der Waals surface area contributed by atoms with Gasteiger partial charge in [-0.3, -0.25) is 0 Å². The molecule has 3 aromatic rings. The first-order valence-electron chi connectivity index (χ1n) is 7.09. The fourth-order valence-electron chi connectivity index (χ4n) is 2.76. The van der Waals surface area contributed by atoms with Crippen molar-refractivity contribution in [2.45, 2.75) is 19.4 Å². The van der Waals surface area contributed by atoms with Gasteiger partial charge >= 0.3 is 0 Å². The van der Waals surface area contributed by atoms with Gasteiger partial charge in [0.25, 0.3) is 0 Å². The van der Waals surface area contributed by atoms with Crippen molar-refractivity contribution in [3.63, 3.8) is 0 Å². The Morgan fingerprint density at radius 1 is 1.14 bits per heavy atom. The number of hydrogen-bond donors (Lipinski definition) is 0. The molecule has 106 valence electrons. The van der Waals surface area contributed by atoms with E-state index in [4.69, 9.17) is 8.94 Å². The van der Waals surface area contributed by atoms with Crippen molar-refractivity contribution >= 4 is 5.69 Å². The SMILES string of the molecule is c1coc(-c2noc(CN3CCCc4ccccc43)n2)c1. The molecule has 5 nitrogen and oxygen atoms in total. The van der Waals surface area contributed by atoms with E-state index in [0.717, 1.165) is 19.4 Å². The summed E-state index contributed by atoms with van der Waals surface area (Å²) in [6.07, 6.45) is 3.89. The highest BCUT2D eigenvalue weighted by Gasteiger charge is 2.19. The molecule has 0 bridgehead atoms. The van der Waals surface area contributed by atoms with E-state index in [1.165, 1.54) is 11.3 Å². The van der Waals surface area contributed by atoms with Gasteiger partial charge < -0.3 is 13.8 Å². The summed E-state index contributed by atoms with van der Waals surface area (Å²) < 4.78 is 10.6. The van der Waals surface area contributed by atoms with Gasteiger partial charge in [-0.25, -0.2) is 0 Å². The number of hydrogen-bond acceptors (Lipinski definition) is 5. The smallest absolute Gasteiger partial charge is 0.246 e. The number of para-hydroxylation sites is 1. The Labute approximate surface area is 122 Å². The zero-order valence-electron chi connectivity index (χ0n) is 11.5. The number of rotatable bonds is 3. The predicted molar refractivity (Wildman–Crippen MR) is 77.8 cm³/mol. The Kier molecular flexibility index (Phi) is 2.96. The van der Waals surface area contributed by atoms with Crippen LogP contribution in [-0.4, -0.2) is 16.7 Å². The average Bonchev–Trinajstić information content (AvgIpc) is 3.18. The summed E-state index contributed by atoms with van der Waals surface area (Å²) in [5.74, 6) is 1.74. The first-order chi connectivity index (χ1) is 10.4. The van der Waals surface area contributed by atoms with E-state index in [-0.39, 0.29) is 0 Å². The quantitative estimate of drug-likeness (QED) is 0.737. The van der Waals surface area contributed by atoms with Crippen LogP contribution in [0.3, 0.4) is 0 Å². The van der Waals surface area contributed by atoms with Crippen LogP contribution in [0.15, 0.2) is 51.6 Å². The Morgan fingerprint density at radius 3 is 3.00 bits per heavy atom. The number of nitrogens with zero attached hydrogens (tertiary/aromatic N) is 3. The molecule has 4 rings (SSSR count). The molecule has 1 aliphatic heterocycles. The lowest BCUT2D eigenvalue weighted by Crippen LogP contribution is -2.28. The highest BCUT2D eigenvalue weighted by molar-refractivity contribution is 5.55. The zero-order valence-corrected chi connectivity index (χ0v) is 11.5. The number of aryl methyl sites for hydroxylation is 1. The van der Waals surface area contributed by atoms with Gasteiger partial charge in [-0.1, -0.05) is 23.4 Å². The van der Waals surface area contributed by atoms with Crippen LogP contribution < -0.4 is 4.90 Å². The maximum Gasteiger partial charge on any atom is 0.246 e. The van der Waals surface area contributed by atoms with Gasteiger partial charge in [0.15, 0.2) is 5.76 Å². The molecular formula is C16H15N3O2. The van der Waals surface area contributed by atoms with Crippen LogP contribution in [0.25, 0.3) is 11.6 Å². The van der Waals surface area contributed by atoms with Crippen LogP contribution in [0.1, 0.15) is 17.9 Å². The maximum absolute atomic E-state index is 5.34. The Hall–Kier alpha value is -2.56. The molecule has 0 spiro atoms. The molecular weight excluding hydrogens is 266 g/mol. The number of aromatic nitrogens is 2. The summed E-state index contributed by atoms with van der Waals surface area (Å²) in [4.78, 5) is 6.70. The molecule has 0 saturated carbocycles. The monoisotopic (exact) mass is 281 g/mol. The van der Waals surface area contributed by atoms with Crippen LogP contribution in [0.5, 0.6) is 0 Å². The molecule has 0 saturated heterocycles. The second kappa shape index (κ2) is 5.09. The first-order valence-corrected chi connectivity index (χ1v) is 7.09. The van der Waals surface area contributed by atoms with E-state index >= 15 is 0 Å². The Balaban J connectivity index is 1.57. The predicted octanol–water partition coefficient (Wildman–Crippen LogP) is 3.28. The minimum atomic E-state index is 0.500. The molecule has 0 N–H and O–H groups in total. The summed E-state index contributed by atoms with van der Waals surface area (Å²) in [7, 11) is 0. The molecule has 1 aliphatic rings. The lowest BCUT2D eigenvalue weighted by Gasteiger charge is -2.29. The molecule has 0 amide bonds. The van der Waals surface area contributed by atoms with Crippen molar-refractivity contribution in [3.8, 4) is 11.6 Å². The second-order valence-corrected chi connectivity index (χ2v) is 5.14. The largest absolute Gasteiger partial charge is 0.461 e. The number of benzene rings is 1. The highest BCUT2D eigenvalue weighted by Crippen LogP contribution is 2.28. The van der Waals surface area contributed by atoms with E-state index < -0.39 is 0 Å². The van der Waals surface area contributed by atoms with Crippen LogP contribution >= 0.6 is 0 Å². The van der Waals surface area contributed by atoms with Gasteiger partial charge in [-0.15, -0.1) is 0 Å². The lowest BCUT2D eigenvalue weighted by molar-refractivity contribution is 0.374. The highest BCUT2D eigenvalue weighted by atomic mass is 16.5. The first kappa shape index (κ1) is 12.2. The summed E-state index contributed by atoms with van der Waals surface area (Å²) >= 11 is 0.